The summed E-state index contributed by atoms with van der Waals surface area (Å²) in [6, 6.07) is 26.3. The monoisotopic (exact) mass is 433 g/mol. The third kappa shape index (κ3) is 3.40. The minimum atomic E-state index is -0.257. The summed E-state index contributed by atoms with van der Waals surface area (Å²) >= 11 is 0. The second kappa shape index (κ2) is 7.56. The Labute approximate surface area is 189 Å². The first kappa shape index (κ1) is 19.2. The number of para-hydroxylation sites is 2. The van der Waals surface area contributed by atoms with Crippen LogP contribution in [0.1, 0.15) is 21.5 Å². The fourth-order valence-electron chi connectivity index (χ4n) is 4.27. The molecular weight excluding hydrogens is 414 g/mol. The molecule has 1 amide bonds. The standard InChI is InChI=1S/C26H19N5O2/c32-24-13-12-21-20-9-2-1-7-19(20)16-30-23-11-4-3-10-22(23)27-26(30)28-25(33)18-8-5-6-17(14-18)15-31(24)29-21/h1-14H,15-16H2,(H,27,28,33). The molecule has 5 aromatic rings. The highest BCUT2D eigenvalue weighted by molar-refractivity contribution is 6.04. The Balaban J connectivity index is 1.62. The number of hydrogen-bond acceptors (Lipinski definition) is 4. The number of carbonyl (C=O) groups excluding carboxylic acids is 1. The first-order chi connectivity index (χ1) is 16.2. The van der Waals surface area contributed by atoms with Gasteiger partial charge < -0.3 is 4.57 Å². The molecule has 0 fully saturated rings. The number of benzene rings is 3. The molecule has 1 N–H and O–H groups in total. The number of amides is 1. The molecule has 0 saturated heterocycles. The fraction of sp³-hybridized carbons (Fsp3) is 0.0769. The van der Waals surface area contributed by atoms with E-state index in [0.29, 0.717) is 23.8 Å². The maximum absolute atomic E-state index is 13.1. The molecule has 2 aromatic heterocycles. The Morgan fingerprint density at radius 2 is 1.67 bits per heavy atom. The van der Waals surface area contributed by atoms with E-state index in [-0.39, 0.29) is 18.0 Å². The van der Waals surface area contributed by atoms with Gasteiger partial charge in [-0.1, -0.05) is 48.5 Å². The van der Waals surface area contributed by atoms with E-state index in [1.807, 2.05) is 65.2 Å². The van der Waals surface area contributed by atoms with Gasteiger partial charge in [-0.3, -0.25) is 14.9 Å². The normalized spacial score (nSPS) is 13.0. The number of nitrogens with one attached hydrogen (secondary N) is 1. The Kier molecular flexibility index (Phi) is 4.40. The van der Waals surface area contributed by atoms with Crippen LogP contribution in [0.2, 0.25) is 0 Å². The fourth-order valence-corrected chi connectivity index (χ4v) is 4.27. The van der Waals surface area contributed by atoms with E-state index in [1.54, 1.807) is 24.3 Å². The molecular formula is C26H19N5O2. The van der Waals surface area contributed by atoms with Crippen molar-refractivity contribution in [3.8, 4) is 11.3 Å². The van der Waals surface area contributed by atoms with E-state index >= 15 is 0 Å². The van der Waals surface area contributed by atoms with Gasteiger partial charge in [0.15, 0.2) is 0 Å². The Morgan fingerprint density at radius 1 is 0.818 bits per heavy atom. The number of fused-ring (bicyclic) bond motifs is 9. The summed E-state index contributed by atoms with van der Waals surface area (Å²) in [5.41, 5.74) is 5.48. The van der Waals surface area contributed by atoms with Crippen LogP contribution in [0.25, 0.3) is 22.3 Å². The summed E-state index contributed by atoms with van der Waals surface area (Å²) in [6.07, 6.45) is 0. The SMILES string of the molecule is O=C1Nc2nc3ccccc3n2Cc2ccccc2-c2ccc(=O)n(n2)Cc2cccc1c2. The predicted octanol–water partition coefficient (Wildman–Crippen LogP) is 3.92. The molecule has 0 aliphatic carbocycles. The van der Waals surface area contributed by atoms with E-state index in [9.17, 15) is 9.59 Å². The zero-order valence-electron chi connectivity index (χ0n) is 17.6. The van der Waals surface area contributed by atoms with Gasteiger partial charge >= 0.3 is 0 Å². The van der Waals surface area contributed by atoms with Gasteiger partial charge in [0.2, 0.25) is 5.95 Å². The van der Waals surface area contributed by atoms with Crippen LogP contribution >= 0.6 is 0 Å². The Hall–Kier alpha value is -4.52. The average molecular weight is 433 g/mol. The first-order valence-corrected chi connectivity index (χ1v) is 10.7. The van der Waals surface area contributed by atoms with E-state index < -0.39 is 0 Å². The smallest absolute Gasteiger partial charge is 0.267 e. The summed E-state index contributed by atoms with van der Waals surface area (Å²) < 4.78 is 3.44. The number of imidazole rings is 1. The van der Waals surface area contributed by atoms with E-state index in [4.69, 9.17) is 4.98 Å². The van der Waals surface area contributed by atoms with Gasteiger partial charge in [-0.25, -0.2) is 9.67 Å². The number of carbonyl (C=O) groups is 1. The molecule has 1 aliphatic heterocycles. The van der Waals surface area contributed by atoms with Gasteiger partial charge in [0.05, 0.1) is 29.8 Å². The second-order valence-corrected chi connectivity index (χ2v) is 8.04. The molecule has 3 heterocycles. The van der Waals surface area contributed by atoms with Crippen molar-refractivity contribution >= 4 is 22.9 Å². The van der Waals surface area contributed by atoms with Gasteiger partial charge in [-0.2, -0.15) is 5.10 Å². The quantitative estimate of drug-likeness (QED) is 0.401. The van der Waals surface area contributed by atoms with Gasteiger partial charge in [-0.05, 0) is 41.5 Å². The van der Waals surface area contributed by atoms with Gasteiger partial charge in [0.25, 0.3) is 11.5 Å². The van der Waals surface area contributed by atoms with Crippen molar-refractivity contribution < 1.29 is 4.79 Å². The van der Waals surface area contributed by atoms with Crippen LogP contribution in [0.3, 0.4) is 0 Å². The number of hydrogen-bond donors (Lipinski definition) is 1. The van der Waals surface area contributed by atoms with Crippen molar-refractivity contribution in [2.75, 3.05) is 5.32 Å². The minimum absolute atomic E-state index is 0.193. The zero-order chi connectivity index (χ0) is 22.4. The number of rotatable bonds is 0. The molecule has 1 aliphatic rings. The Bertz CT molecular complexity index is 1600. The van der Waals surface area contributed by atoms with Crippen LogP contribution in [-0.4, -0.2) is 25.2 Å². The topological polar surface area (TPSA) is 81.8 Å². The summed E-state index contributed by atoms with van der Waals surface area (Å²) in [5.74, 6) is 0.226. The highest BCUT2D eigenvalue weighted by atomic mass is 16.2. The molecule has 0 atom stereocenters. The first-order valence-electron chi connectivity index (χ1n) is 10.7. The lowest BCUT2D eigenvalue weighted by molar-refractivity contribution is 0.102. The van der Waals surface area contributed by atoms with Crippen LogP contribution in [0.15, 0.2) is 89.7 Å². The minimum Gasteiger partial charge on any atom is -0.305 e. The number of anilines is 1. The van der Waals surface area contributed by atoms with Crippen LogP contribution < -0.4 is 10.9 Å². The van der Waals surface area contributed by atoms with Crippen molar-refractivity contribution in [1.29, 1.82) is 0 Å². The Morgan fingerprint density at radius 3 is 2.61 bits per heavy atom. The van der Waals surface area contributed by atoms with E-state index in [1.165, 1.54) is 4.68 Å². The van der Waals surface area contributed by atoms with Gasteiger partial charge in [0.1, 0.15) is 0 Å². The summed E-state index contributed by atoms with van der Waals surface area (Å²) in [7, 11) is 0. The number of aromatic nitrogens is 4. The van der Waals surface area contributed by atoms with Crippen molar-refractivity contribution in [3.63, 3.8) is 0 Å². The molecule has 3 aromatic carbocycles. The molecule has 7 heteroatoms. The highest BCUT2D eigenvalue weighted by Gasteiger charge is 2.18. The predicted molar refractivity (Wildman–Crippen MR) is 126 cm³/mol. The lowest BCUT2D eigenvalue weighted by Crippen LogP contribution is -2.23. The van der Waals surface area contributed by atoms with Crippen molar-refractivity contribution in [2.24, 2.45) is 0 Å². The highest BCUT2D eigenvalue weighted by Crippen LogP contribution is 2.27. The summed E-state index contributed by atoms with van der Waals surface area (Å²) in [5, 5.41) is 7.65. The zero-order valence-corrected chi connectivity index (χ0v) is 17.6. The van der Waals surface area contributed by atoms with Gasteiger partial charge in [0, 0.05) is 17.2 Å². The summed E-state index contributed by atoms with van der Waals surface area (Å²) in [6.45, 7) is 0.752. The summed E-state index contributed by atoms with van der Waals surface area (Å²) in [4.78, 5) is 30.4. The second-order valence-electron chi connectivity index (χ2n) is 8.04. The molecule has 0 spiro atoms. The molecule has 4 bridgehead atoms. The number of nitrogens with zero attached hydrogens (tertiary/aromatic N) is 4. The maximum atomic E-state index is 13.1. The van der Waals surface area contributed by atoms with E-state index in [2.05, 4.69) is 10.4 Å². The van der Waals surface area contributed by atoms with Crippen LogP contribution in [-0.2, 0) is 13.1 Å². The third-order valence-corrected chi connectivity index (χ3v) is 5.89. The average Bonchev–Trinajstić information content (AvgIpc) is 3.17. The maximum Gasteiger partial charge on any atom is 0.267 e. The van der Waals surface area contributed by atoms with Crippen molar-refractivity contribution in [1.82, 2.24) is 19.3 Å². The largest absolute Gasteiger partial charge is 0.305 e. The van der Waals surface area contributed by atoms with Crippen molar-refractivity contribution in [3.05, 3.63) is 112 Å². The van der Waals surface area contributed by atoms with Crippen LogP contribution in [0.5, 0.6) is 0 Å². The lowest BCUT2D eigenvalue weighted by Gasteiger charge is -2.15. The molecule has 33 heavy (non-hydrogen) atoms. The van der Waals surface area contributed by atoms with Gasteiger partial charge in [-0.15, -0.1) is 0 Å². The van der Waals surface area contributed by atoms with Crippen LogP contribution in [0.4, 0.5) is 5.95 Å². The van der Waals surface area contributed by atoms with Crippen LogP contribution in [0, 0.1) is 0 Å². The molecule has 0 radical (unpaired) electrons. The van der Waals surface area contributed by atoms with E-state index in [0.717, 1.165) is 27.7 Å². The van der Waals surface area contributed by atoms with Crippen molar-refractivity contribution in [2.45, 2.75) is 13.1 Å². The molecule has 7 nitrogen and oxygen atoms in total. The molecule has 6 rings (SSSR count). The lowest BCUT2D eigenvalue weighted by atomic mass is 10.0. The molecule has 0 unspecified atom stereocenters. The molecule has 160 valence electrons. The molecule has 0 saturated carbocycles. The third-order valence-electron chi connectivity index (χ3n) is 5.89.